The van der Waals surface area contributed by atoms with Gasteiger partial charge >= 0.3 is 5.97 Å². The lowest BCUT2D eigenvalue weighted by atomic mass is 10.1. The van der Waals surface area contributed by atoms with Crippen LogP contribution in [0, 0.1) is 0 Å². The molecule has 1 atom stereocenters. The van der Waals surface area contributed by atoms with Gasteiger partial charge in [-0.2, -0.15) is 0 Å². The van der Waals surface area contributed by atoms with Gasteiger partial charge in [-0.25, -0.2) is 0 Å². The predicted octanol–water partition coefficient (Wildman–Crippen LogP) is 2.30. The van der Waals surface area contributed by atoms with E-state index in [-0.39, 0.29) is 10.4 Å². The van der Waals surface area contributed by atoms with Crippen molar-refractivity contribution < 1.29 is 24.2 Å². The molecule has 1 amide bonds. The first-order chi connectivity index (χ1) is 11.4. The normalized spacial score (nSPS) is 21.2. The summed E-state index contributed by atoms with van der Waals surface area (Å²) in [6.45, 7) is 1.55. The van der Waals surface area contributed by atoms with Crippen LogP contribution in [0.4, 0.5) is 0 Å². The summed E-state index contributed by atoms with van der Waals surface area (Å²) in [7, 11) is 1.56. The third-order valence-electron chi connectivity index (χ3n) is 3.70. The molecule has 8 heteroatoms. The number of nitrogens with zero attached hydrogens (tertiary/aromatic N) is 1. The molecule has 1 aromatic rings. The van der Waals surface area contributed by atoms with Crippen LogP contribution in [-0.4, -0.2) is 46.0 Å². The number of carbonyl (C=O) groups is 2. The van der Waals surface area contributed by atoms with E-state index in [0.717, 1.165) is 34.4 Å². The van der Waals surface area contributed by atoms with Crippen molar-refractivity contribution in [1.29, 1.82) is 0 Å². The summed E-state index contributed by atoms with van der Waals surface area (Å²) in [4.78, 5) is 24.6. The molecular formula is C16H15NO5S2. The highest BCUT2D eigenvalue weighted by molar-refractivity contribution is 8.26. The minimum Gasteiger partial charge on any atom is -0.496 e. The number of rotatable bonds is 4. The Hall–Kier alpha value is -2.06. The number of aliphatic carboxylic acids is 1. The number of carbonyl (C=O) groups excluding carboxylic acids is 1. The lowest BCUT2D eigenvalue weighted by molar-refractivity contribution is -0.140. The van der Waals surface area contributed by atoms with Crippen LogP contribution in [0.5, 0.6) is 11.5 Å². The van der Waals surface area contributed by atoms with Crippen molar-refractivity contribution in [2.75, 3.05) is 13.7 Å². The molecule has 1 aromatic carbocycles. The lowest BCUT2D eigenvalue weighted by Crippen LogP contribution is -2.33. The highest BCUT2D eigenvalue weighted by Crippen LogP contribution is 2.38. The maximum absolute atomic E-state index is 12.4. The molecule has 24 heavy (non-hydrogen) atoms. The van der Waals surface area contributed by atoms with E-state index in [0.29, 0.717) is 16.2 Å². The summed E-state index contributed by atoms with van der Waals surface area (Å²) in [6.07, 6.45) is 2.58. The van der Waals surface area contributed by atoms with Crippen molar-refractivity contribution in [3.8, 4) is 11.5 Å². The van der Waals surface area contributed by atoms with Crippen molar-refractivity contribution in [2.24, 2.45) is 0 Å². The first-order valence-corrected chi connectivity index (χ1v) is 8.46. The fraction of sp³-hybridized carbons (Fsp3) is 0.312. The number of hydrogen-bond acceptors (Lipinski definition) is 6. The van der Waals surface area contributed by atoms with Crippen molar-refractivity contribution >= 4 is 46.3 Å². The molecule has 0 aromatic heterocycles. The van der Waals surface area contributed by atoms with E-state index in [4.69, 9.17) is 26.8 Å². The van der Waals surface area contributed by atoms with Gasteiger partial charge in [0.2, 0.25) is 0 Å². The second-order valence-corrected chi connectivity index (χ2v) is 7.17. The van der Waals surface area contributed by atoms with E-state index < -0.39 is 18.4 Å². The highest BCUT2D eigenvalue weighted by Gasteiger charge is 2.33. The predicted molar refractivity (Wildman–Crippen MR) is 94.3 cm³/mol. The van der Waals surface area contributed by atoms with Gasteiger partial charge in [-0.15, -0.1) is 0 Å². The first kappa shape index (κ1) is 16.8. The third-order valence-corrected chi connectivity index (χ3v) is 5.08. The van der Waals surface area contributed by atoms with Crippen LogP contribution in [0.1, 0.15) is 18.1 Å². The molecule has 6 nitrogen and oxygen atoms in total. The van der Waals surface area contributed by atoms with Crippen LogP contribution in [0.15, 0.2) is 17.0 Å². The van der Waals surface area contributed by atoms with Gasteiger partial charge in [0, 0.05) is 17.5 Å². The van der Waals surface area contributed by atoms with Gasteiger partial charge in [0.25, 0.3) is 5.91 Å². The maximum Gasteiger partial charge on any atom is 0.323 e. The number of carboxylic acid groups (broad SMARTS) is 1. The highest BCUT2D eigenvalue weighted by atomic mass is 32.2. The van der Waals surface area contributed by atoms with E-state index in [1.54, 1.807) is 13.2 Å². The molecule has 2 heterocycles. The zero-order valence-electron chi connectivity index (χ0n) is 13.1. The molecule has 1 fully saturated rings. The Labute approximate surface area is 148 Å². The summed E-state index contributed by atoms with van der Waals surface area (Å²) < 4.78 is 11.4. The number of fused-ring (bicyclic) bond motifs is 1. The van der Waals surface area contributed by atoms with Crippen LogP contribution in [0.2, 0.25) is 0 Å². The molecule has 3 rings (SSSR count). The van der Waals surface area contributed by atoms with E-state index in [1.165, 1.54) is 0 Å². The minimum atomic E-state index is -1.11. The Balaban J connectivity index is 1.94. The van der Waals surface area contributed by atoms with Crippen molar-refractivity contribution in [1.82, 2.24) is 4.90 Å². The van der Waals surface area contributed by atoms with E-state index >= 15 is 0 Å². The molecule has 0 radical (unpaired) electrons. The van der Waals surface area contributed by atoms with Crippen molar-refractivity contribution in [2.45, 2.75) is 19.4 Å². The average Bonchev–Trinajstić information content (AvgIpc) is 2.99. The lowest BCUT2D eigenvalue weighted by Gasteiger charge is -2.10. The smallest absolute Gasteiger partial charge is 0.323 e. The number of thioether (sulfide) groups is 1. The minimum absolute atomic E-state index is 0.105. The Morgan fingerprint density at radius 1 is 1.58 bits per heavy atom. The SMILES string of the molecule is COc1cc2c(cc1C=C1SC(=S)N(CC(=O)O)C1=O)OC(C)C2. The number of thiocarbonyl (C=S) groups is 1. The summed E-state index contributed by atoms with van der Waals surface area (Å²) >= 11 is 6.17. The van der Waals surface area contributed by atoms with E-state index in [1.807, 2.05) is 19.1 Å². The number of carboxylic acids is 1. The third kappa shape index (κ3) is 3.11. The van der Waals surface area contributed by atoms with E-state index in [2.05, 4.69) is 0 Å². The topological polar surface area (TPSA) is 76.1 Å². The van der Waals surface area contributed by atoms with Gasteiger partial charge in [-0.1, -0.05) is 24.0 Å². The van der Waals surface area contributed by atoms with Crippen LogP contribution in [-0.2, 0) is 16.0 Å². The van der Waals surface area contributed by atoms with Gasteiger partial charge < -0.3 is 14.6 Å². The fourth-order valence-electron chi connectivity index (χ4n) is 2.66. The van der Waals surface area contributed by atoms with Crippen LogP contribution in [0.3, 0.4) is 0 Å². The molecular weight excluding hydrogens is 350 g/mol. The molecule has 1 saturated heterocycles. The van der Waals surface area contributed by atoms with Crippen molar-refractivity contribution in [3.63, 3.8) is 0 Å². The van der Waals surface area contributed by atoms with Crippen LogP contribution >= 0.6 is 24.0 Å². The zero-order chi connectivity index (χ0) is 17.4. The molecule has 2 aliphatic rings. The molecule has 0 spiro atoms. The summed E-state index contributed by atoms with van der Waals surface area (Å²) in [5.41, 5.74) is 1.76. The Bertz CT molecular complexity index is 774. The van der Waals surface area contributed by atoms with E-state index in [9.17, 15) is 9.59 Å². The summed E-state index contributed by atoms with van der Waals surface area (Å²) in [5.74, 6) is -0.111. The molecule has 0 saturated carbocycles. The number of hydrogen-bond donors (Lipinski definition) is 1. The molecule has 126 valence electrons. The monoisotopic (exact) mass is 365 g/mol. The first-order valence-electron chi connectivity index (χ1n) is 7.23. The molecule has 1 unspecified atom stereocenters. The van der Waals surface area contributed by atoms with Crippen LogP contribution < -0.4 is 9.47 Å². The second-order valence-electron chi connectivity index (χ2n) is 5.50. The van der Waals surface area contributed by atoms with Gasteiger partial charge in [0.15, 0.2) is 0 Å². The maximum atomic E-state index is 12.4. The Kier molecular flexibility index (Phi) is 4.51. The number of ether oxygens (including phenoxy) is 2. The second kappa shape index (κ2) is 6.45. The Morgan fingerprint density at radius 3 is 3.00 bits per heavy atom. The average molecular weight is 365 g/mol. The largest absolute Gasteiger partial charge is 0.496 e. The quantitative estimate of drug-likeness (QED) is 0.648. The zero-order valence-corrected chi connectivity index (χ0v) is 14.7. The molecule has 2 aliphatic heterocycles. The van der Waals surface area contributed by atoms with Gasteiger partial charge in [-0.3, -0.25) is 14.5 Å². The molecule has 1 N–H and O–H groups in total. The van der Waals surface area contributed by atoms with Gasteiger partial charge in [0.05, 0.1) is 12.0 Å². The summed E-state index contributed by atoms with van der Waals surface area (Å²) in [5, 5.41) is 8.88. The molecule has 0 bridgehead atoms. The van der Waals surface area contributed by atoms with Gasteiger partial charge in [0.1, 0.15) is 28.5 Å². The van der Waals surface area contributed by atoms with Gasteiger partial charge in [-0.05, 0) is 25.1 Å². The molecule has 0 aliphatic carbocycles. The summed E-state index contributed by atoms with van der Waals surface area (Å²) in [6, 6.07) is 3.74. The number of amides is 1. The standard InChI is InChI=1S/C16H15NO5S2/c1-8-3-9-4-11(21-2)10(5-12(9)22-8)6-13-15(20)17(7-14(18)19)16(23)24-13/h4-6,8H,3,7H2,1-2H3,(H,18,19). The fourth-order valence-corrected chi connectivity index (χ4v) is 3.90. The van der Waals surface area contributed by atoms with Crippen molar-refractivity contribution in [3.05, 3.63) is 28.2 Å². The number of benzene rings is 1. The number of methoxy groups -OCH3 is 1. The Morgan fingerprint density at radius 2 is 2.33 bits per heavy atom. The van der Waals surface area contributed by atoms with Crippen LogP contribution in [0.25, 0.3) is 6.08 Å².